The number of carbonyl (C=O) groups excluding carboxylic acids is 1. The number of carbonyl (C=O) groups is 1. The van der Waals surface area contributed by atoms with Gasteiger partial charge in [-0.05, 0) is 15.9 Å². The minimum atomic E-state index is -0.598. The molecule has 0 heterocycles. The summed E-state index contributed by atoms with van der Waals surface area (Å²) >= 11 is 2.83. The van der Waals surface area contributed by atoms with Crippen LogP contribution < -0.4 is 11.1 Å². The summed E-state index contributed by atoms with van der Waals surface area (Å²) in [5.41, 5.74) is 5.48. The van der Waals surface area contributed by atoms with Gasteiger partial charge in [0.05, 0.1) is 12.8 Å². The highest BCUT2D eigenvalue weighted by atomic mass is 79.9. The van der Waals surface area contributed by atoms with E-state index < -0.39 is 5.97 Å². The van der Waals surface area contributed by atoms with Crippen molar-refractivity contribution in [2.45, 2.75) is 0 Å². The summed E-state index contributed by atoms with van der Waals surface area (Å²) in [6.45, 7) is 0. The fourth-order valence-electron chi connectivity index (χ4n) is 0.558. The molecule has 4 N–H and O–H groups in total. The number of esters is 1. The summed E-state index contributed by atoms with van der Waals surface area (Å²) in [4.78, 5) is 10.9. The lowest BCUT2D eigenvalue weighted by Gasteiger charge is -2.06. The second-order valence-electron chi connectivity index (χ2n) is 1.84. The first-order chi connectivity index (χ1) is 5.54. The average Bonchev–Trinajstić information content (AvgIpc) is 2.05. The molecule has 0 aliphatic rings. The molecule has 5 nitrogen and oxygen atoms in total. The van der Waals surface area contributed by atoms with Crippen molar-refractivity contribution in [2.75, 3.05) is 14.2 Å². The molecule has 68 valence electrons. The number of hydrogen-bond acceptors (Lipinski definition) is 5. The maximum absolute atomic E-state index is 10.9. The van der Waals surface area contributed by atoms with E-state index in [9.17, 15) is 4.79 Å². The van der Waals surface area contributed by atoms with E-state index in [4.69, 9.17) is 11.1 Å². The molecule has 0 bridgehead atoms. The van der Waals surface area contributed by atoms with E-state index in [1.165, 1.54) is 14.2 Å². The minimum absolute atomic E-state index is 0.0179. The summed E-state index contributed by atoms with van der Waals surface area (Å²) in [5, 5.41) is 9.63. The number of methoxy groups -OCH3 is 1. The molecule has 0 rings (SSSR count). The Labute approximate surface area is 78.6 Å². The molecular weight excluding hydrogens is 226 g/mol. The number of likely N-dealkylation sites (N-methyl/N-ethyl adjacent to an activating group) is 1. The van der Waals surface area contributed by atoms with Crippen molar-refractivity contribution in [1.29, 1.82) is 5.41 Å². The molecule has 0 aromatic rings. The smallest absolute Gasteiger partial charge is 0.356 e. The van der Waals surface area contributed by atoms with E-state index >= 15 is 0 Å². The zero-order valence-electron chi connectivity index (χ0n) is 6.77. The molecule has 0 aromatic carbocycles. The van der Waals surface area contributed by atoms with Gasteiger partial charge in [-0.15, -0.1) is 0 Å². The van der Waals surface area contributed by atoms with Gasteiger partial charge in [-0.2, -0.15) is 0 Å². The normalized spacial score (nSPS) is 11.6. The zero-order valence-corrected chi connectivity index (χ0v) is 8.36. The number of rotatable bonds is 3. The lowest BCUT2D eigenvalue weighted by molar-refractivity contribution is -0.136. The third-order valence-corrected chi connectivity index (χ3v) is 1.57. The van der Waals surface area contributed by atoms with Crippen LogP contribution in [0.25, 0.3) is 0 Å². The van der Waals surface area contributed by atoms with Crippen molar-refractivity contribution in [3.8, 4) is 0 Å². The molecule has 0 radical (unpaired) electrons. The molecule has 0 saturated heterocycles. The van der Waals surface area contributed by atoms with Crippen LogP contribution in [-0.2, 0) is 9.53 Å². The number of halogens is 1. The zero-order chi connectivity index (χ0) is 9.72. The first-order valence-electron chi connectivity index (χ1n) is 3.04. The molecule has 0 unspecified atom stereocenters. The fraction of sp³-hybridized carbons (Fsp3) is 0.333. The van der Waals surface area contributed by atoms with Crippen LogP contribution in [0.15, 0.2) is 11.4 Å². The molecule has 0 aromatic heterocycles. The summed E-state index contributed by atoms with van der Waals surface area (Å²) in [5.74, 6) is -0.598. The van der Waals surface area contributed by atoms with Crippen LogP contribution in [0.2, 0.25) is 0 Å². The predicted octanol–water partition coefficient (Wildman–Crippen LogP) is -0.0787. The van der Waals surface area contributed by atoms with Gasteiger partial charge < -0.3 is 15.8 Å². The molecular formula is C6H10BrN3O2. The van der Waals surface area contributed by atoms with Crippen molar-refractivity contribution < 1.29 is 9.53 Å². The Morgan fingerprint density at radius 1 is 1.67 bits per heavy atom. The summed E-state index contributed by atoms with van der Waals surface area (Å²) < 4.78 is 4.36. The van der Waals surface area contributed by atoms with Gasteiger partial charge in [0.2, 0.25) is 0 Å². The van der Waals surface area contributed by atoms with Crippen LogP contribution in [0.4, 0.5) is 0 Å². The number of nitrogens with two attached hydrogens (primary N) is 1. The van der Waals surface area contributed by atoms with Gasteiger partial charge in [-0.25, -0.2) is 4.79 Å². The molecule has 0 aliphatic heterocycles. The standard InChI is InChI=1S/C6H10BrN3O2/c1-10-4(6(11)12-2)3(8)5(7)9/h9-10H,8H2,1-2H3/b4-3+,9-5?. The van der Waals surface area contributed by atoms with E-state index in [-0.39, 0.29) is 16.0 Å². The molecule has 12 heavy (non-hydrogen) atoms. The highest BCUT2D eigenvalue weighted by Gasteiger charge is 2.13. The Balaban J connectivity index is 4.86. The third-order valence-electron chi connectivity index (χ3n) is 1.15. The monoisotopic (exact) mass is 235 g/mol. The number of hydrogen-bond donors (Lipinski definition) is 3. The maximum Gasteiger partial charge on any atom is 0.356 e. The largest absolute Gasteiger partial charge is 0.464 e. The van der Waals surface area contributed by atoms with E-state index in [2.05, 4.69) is 26.0 Å². The number of allylic oxidation sites excluding steroid dienone is 1. The second-order valence-corrected chi connectivity index (χ2v) is 2.64. The highest BCUT2D eigenvalue weighted by molar-refractivity contribution is 9.18. The Bertz CT molecular complexity index is 237. The third kappa shape index (κ3) is 2.54. The van der Waals surface area contributed by atoms with E-state index in [1.807, 2.05) is 0 Å². The van der Waals surface area contributed by atoms with Crippen molar-refractivity contribution in [3.05, 3.63) is 11.4 Å². The van der Waals surface area contributed by atoms with Crippen molar-refractivity contribution >= 4 is 26.5 Å². The predicted molar refractivity (Wildman–Crippen MR) is 48.9 cm³/mol. The molecule has 0 aliphatic carbocycles. The first-order valence-corrected chi connectivity index (χ1v) is 3.84. The Morgan fingerprint density at radius 3 is 2.42 bits per heavy atom. The molecule has 0 fully saturated rings. The van der Waals surface area contributed by atoms with E-state index in [0.717, 1.165) is 0 Å². The van der Waals surface area contributed by atoms with E-state index in [1.54, 1.807) is 0 Å². The van der Waals surface area contributed by atoms with Crippen molar-refractivity contribution in [3.63, 3.8) is 0 Å². The average molecular weight is 236 g/mol. The van der Waals surface area contributed by atoms with Gasteiger partial charge in [0.25, 0.3) is 0 Å². The van der Waals surface area contributed by atoms with Crippen LogP contribution in [-0.4, -0.2) is 24.7 Å². The molecule has 0 amide bonds. The molecule has 0 spiro atoms. The van der Waals surface area contributed by atoms with Gasteiger partial charge in [0.15, 0.2) is 0 Å². The molecule has 6 heteroatoms. The Morgan fingerprint density at radius 2 is 2.17 bits per heavy atom. The molecule has 0 saturated carbocycles. The summed E-state index contributed by atoms with van der Waals surface area (Å²) in [6, 6.07) is 0. The Kier molecular flexibility index (Phi) is 4.35. The van der Waals surface area contributed by atoms with Crippen LogP contribution in [0.1, 0.15) is 0 Å². The quantitative estimate of drug-likeness (QED) is 0.363. The maximum atomic E-state index is 10.9. The van der Waals surface area contributed by atoms with Crippen LogP contribution in [0.3, 0.4) is 0 Å². The number of nitrogens with one attached hydrogen (secondary N) is 2. The van der Waals surface area contributed by atoms with Gasteiger partial charge in [-0.1, -0.05) is 0 Å². The van der Waals surface area contributed by atoms with Crippen molar-refractivity contribution in [1.82, 2.24) is 5.32 Å². The van der Waals surface area contributed by atoms with Gasteiger partial charge in [0, 0.05) is 7.05 Å². The Hall–Kier alpha value is -1.04. The second kappa shape index (κ2) is 4.76. The summed E-state index contributed by atoms with van der Waals surface area (Å²) in [7, 11) is 2.76. The summed E-state index contributed by atoms with van der Waals surface area (Å²) in [6.07, 6.45) is 0. The van der Waals surface area contributed by atoms with Crippen molar-refractivity contribution in [2.24, 2.45) is 5.73 Å². The topological polar surface area (TPSA) is 88.2 Å². The van der Waals surface area contributed by atoms with Gasteiger partial charge in [0.1, 0.15) is 10.3 Å². The fourth-order valence-corrected chi connectivity index (χ4v) is 0.757. The van der Waals surface area contributed by atoms with Gasteiger partial charge >= 0.3 is 5.97 Å². The van der Waals surface area contributed by atoms with Crippen LogP contribution >= 0.6 is 15.9 Å². The molecule has 0 atom stereocenters. The van der Waals surface area contributed by atoms with Gasteiger partial charge in [-0.3, -0.25) is 5.41 Å². The SMILES string of the molecule is CN/C(C(=O)OC)=C(/N)C(=N)Br. The van der Waals surface area contributed by atoms with Crippen LogP contribution in [0, 0.1) is 5.41 Å². The van der Waals surface area contributed by atoms with E-state index in [0.29, 0.717) is 0 Å². The lowest BCUT2D eigenvalue weighted by Crippen LogP contribution is -2.24. The van der Waals surface area contributed by atoms with Crippen LogP contribution in [0.5, 0.6) is 0 Å². The highest BCUT2D eigenvalue weighted by Crippen LogP contribution is 2.02. The lowest BCUT2D eigenvalue weighted by atomic mass is 10.3. The first kappa shape index (κ1) is 11.0. The number of ether oxygens (including phenoxy) is 1. The minimum Gasteiger partial charge on any atom is -0.464 e.